The molecule has 2 N–H and O–H groups in total. The maximum absolute atomic E-state index is 13.0. The summed E-state index contributed by atoms with van der Waals surface area (Å²) < 4.78 is 80.0. The van der Waals surface area contributed by atoms with Crippen molar-refractivity contribution in [2.24, 2.45) is 5.41 Å². The van der Waals surface area contributed by atoms with E-state index in [1.165, 1.54) is 11.0 Å². The zero-order valence-electron chi connectivity index (χ0n) is 14.7. The third-order valence-corrected chi connectivity index (χ3v) is 6.36. The molecule has 1 aliphatic carbocycles. The molecule has 0 spiro atoms. The van der Waals surface area contributed by atoms with Crippen LogP contribution in [-0.4, -0.2) is 38.7 Å². The number of alkyl halides is 3. The Morgan fingerprint density at radius 2 is 1.76 bits per heavy atom. The second kappa shape index (κ2) is 7.47. The van der Waals surface area contributed by atoms with Crippen LogP contribution < -0.4 is 0 Å². The molecule has 160 valence electrons. The number of hydrogen-bond donors (Lipinski definition) is 3. The Kier molecular flexibility index (Phi) is 5.65. The predicted octanol–water partition coefficient (Wildman–Crippen LogP) is 1.69. The monoisotopic (exact) mass is 455 g/mol. The van der Waals surface area contributed by atoms with Gasteiger partial charge in [0.15, 0.2) is 0 Å². The van der Waals surface area contributed by atoms with Gasteiger partial charge in [-0.2, -0.15) is 18.3 Å². The van der Waals surface area contributed by atoms with E-state index in [0.717, 1.165) is 30.6 Å². The summed E-state index contributed by atoms with van der Waals surface area (Å²) in [6.07, 6.45) is -1.75. The van der Waals surface area contributed by atoms with Gasteiger partial charge in [-0.05, 0) is 30.5 Å². The van der Waals surface area contributed by atoms with Gasteiger partial charge in [0.25, 0.3) is 0 Å². The van der Waals surface area contributed by atoms with Crippen molar-refractivity contribution in [1.82, 2.24) is 14.8 Å². The molecule has 1 fully saturated rings. The molecule has 14 heteroatoms. The minimum atomic E-state index is -5.20. The average molecular weight is 455 g/mol. The molecule has 29 heavy (non-hydrogen) atoms. The molecule has 2 aromatic rings. The molecule has 0 amide bonds. The first-order chi connectivity index (χ1) is 13.4. The van der Waals surface area contributed by atoms with Gasteiger partial charge in [0, 0.05) is 5.41 Å². The van der Waals surface area contributed by atoms with Gasteiger partial charge in [-0.25, -0.2) is 22.6 Å². The summed E-state index contributed by atoms with van der Waals surface area (Å²) in [4.78, 5) is 22.9. The Morgan fingerprint density at radius 3 is 2.17 bits per heavy atom. The van der Waals surface area contributed by atoms with E-state index in [2.05, 4.69) is 10.1 Å². The third kappa shape index (κ3) is 4.69. The van der Waals surface area contributed by atoms with Crippen LogP contribution in [-0.2, 0) is 38.1 Å². The van der Waals surface area contributed by atoms with Crippen molar-refractivity contribution in [3.63, 3.8) is 0 Å². The van der Waals surface area contributed by atoms with Crippen molar-refractivity contribution in [2.75, 3.05) is 5.75 Å². The molecule has 1 heterocycles. The van der Waals surface area contributed by atoms with E-state index >= 15 is 0 Å². The van der Waals surface area contributed by atoms with E-state index in [0.29, 0.717) is 0 Å². The highest BCUT2D eigenvalue weighted by molar-refractivity contribution is 7.72. The molecule has 1 aromatic carbocycles. The number of aromatic nitrogens is 3. The number of rotatable bonds is 8. The van der Waals surface area contributed by atoms with Crippen molar-refractivity contribution in [2.45, 2.75) is 31.2 Å². The maximum Gasteiger partial charge on any atom is 0.470 e. The molecule has 1 atom stereocenters. The van der Waals surface area contributed by atoms with Crippen molar-refractivity contribution in [3.05, 3.63) is 48.0 Å². The lowest BCUT2D eigenvalue weighted by Gasteiger charge is -2.40. The van der Waals surface area contributed by atoms with Gasteiger partial charge < -0.3 is 9.79 Å². The van der Waals surface area contributed by atoms with E-state index in [1.807, 2.05) is 0 Å². The van der Waals surface area contributed by atoms with Crippen molar-refractivity contribution >= 4 is 18.5 Å². The summed E-state index contributed by atoms with van der Waals surface area (Å²) in [5.41, 5.74) is -4.15. The Labute approximate surface area is 164 Å². The Hall–Kier alpha value is -1.79. The number of nitrogens with zero attached hydrogens (tertiary/aromatic N) is 3. The lowest BCUT2D eigenvalue weighted by molar-refractivity contribution is -0.137. The molecular weight excluding hydrogens is 438 g/mol. The summed E-state index contributed by atoms with van der Waals surface area (Å²) in [6, 6.07) is 3.57. The zero-order chi connectivity index (χ0) is 21.5. The normalized spacial score (nSPS) is 18.6. The summed E-state index contributed by atoms with van der Waals surface area (Å²) >= 11 is 0. The van der Waals surface area contributed by atoms with Gasteiger partial charge in [0.1, 0.15) is 29.0 Å². The van der Waals surface area contributed by atoms with E-state index in [1.54, 1.807) is 0 Å². The fraction of sp³-hybridized carbons (Fsp3) is 0.467. The van der Waals surface area contributed by atoms with Crippen molar-refractivity contribution in [3.8, 4) is 0 Å². The van der Waals surface area contributed by atoms with Gasteiger partial charge >= 0.3 is 14.0 Å². The van der Waals surface area contributed by atoms with Gasteiger partial charge in [-0.3, -0.25) is 4.52 Å². The predicted molar refractivity (Wildman–Crippen MR) is 93.1 cm³/mol. The van der Waals surface area contributed by atoms with E-state index in [-0.39, 0.29) is 24.9 Å². The van der Waals surface area contributed by atoms with Crippen molar-refractivity contribution in [1.29, 1.82) is 0 Å². The van der Waals surface area contributed by atoms with Crippen LogP contribution in [0.3, 0.4) is 0 Å². The summed E-state index contributed by atoms with van der Waals surface area (Å²) in [5.74, 6) is -0.460. The number of hydrogen-bond acceptors (Lipinski definition) is 6. The topological polar surface area (TPSA) is 132 Å². The first-order valence-corrected chi connectivity index (χ1v) is 11.1. The molecular formula is C15H17F3N3O6PS. The lowest BCUT2D eigenvalue weighted by atomic mass is 9.79. The summed E-state index contributed by atoms with van der Waals surface area (Å²) in [7, 11) is -8.16. The molecule has 0 bridgehead atoms. The average Bonchev–Trinajstić information content (AvgIpc) is 3.18. The lowest BCUT2D eigenvalue weighted by Crippen LogP contribution is -2.45. The first kappa shape index (κ1) is 21.9. The second-order valence-corrected chi connectivity index (χ2v) is 8.99. The quantitative estimate of drug-likeness (QED) is 0.405. The number of benzene rings is 1. The zero-order valence-corrected chi connectivity index (χ0v) is 16.5. The molecule has 9 nitrogen and oxygen atoms in total. The Bertz CT molecular complexity index is 978. The van der Waals surface area contributed by atoms with Crippen LogP contribution in [0.4, 0.5) is 13.2 Å². The van der Waals surface area contributed by atoms with Crippen LogP contribution in [0.5, 0.6) is 0 Å². The van der Waals surface area contributed by atoms with Crippen LogP contribution in [0.25, 0.3) is 0 Å². The maximum atomic E-state index is 13.0. The Balaban J connectivity index is 2.19. The minimum absolute atomic E-state index is 0.00123. The highest BCUT2D eigenvalue weighted by Crippen LogP contribution is 2.65. The largest absolute Gasteiger partial charge is 0.470 e. The molecule has 0 aliphatic heterocycles. The number of phosphoric ester groups is 1. The molecule has 0 saturated heterocycles. The van der Waals surface area contributed by atoms with Crippen LogP contribution in [0.2, 0.25) is 0 Å². The molecule has 1 aliphatic rings. The fourth-order valence-corrected chi connectivity index (χ4v) is 5.33. The van der Waals surface area contributed by atoms with Crippen LogP contribution in [0, 0.1) is 5.41 Å². The highest BCUT2D eigenvalue weighted by Gasteiger charge is 2.64. The van der Waals surface area contributed by atoms with Gasteiger partial charge in [0.05, 0.1) is 17.9 Å². The minimum Gasteiger partial charge on any atom is -0.303 e. The van der Waals surface area contributed by atoms with Crippen LogP contribution in [0.1, 0.15) is 24.0 Å². The summed E-state index contributed by atoms with van der Waals surface area (Å²) in [6.45, 7) is -0.355. The third-order valence-electron chi connectivity index (χ3n) is 4.95. The van der Waals surface area contributed by atoms with E-state index in [4.69, 9.17) is 4.52 Å². The Morgan fingerprint density at radius 1 is 1.17 bits per heavy atom. The SMILES string of the molecule is O=[SH](=O)CC1(C(Cn2cncn2)(OP(=O)(O)O)c2ccc(C(F)(F)F)cc2)CC1. The second-order valence-electron chi connectivity index (χ2n) is 6.85. The van der Waals surface area contributed by atoms with Crippen molar-refractivity contribution < 1.29 is 40.5 Å². The smallest absolute Gasteiger partial charge is 0.303 e. The molecule has 3 rings (SSSR count). The first-order valence-electron chi connectivity index (χ1n) is 8.25. The van der Waals surface area contributed by atoms with Crippen LogP contribution in [0.15, 0.2) is 36.9 Å². The molecule has 1 unspecified atom stereocenters. The number of halogens is 3. The highest BCUT2D eigenvalue weighted by atomic mass is 32.2. The van der Waals surface area contributed by atoms with Crippen LogP contribution >= 0.6 is 7.82 Å². The van der Waals surface area contributed by atoms with Gasteiger partial charge in [-0.1, -0.05) is 12.1 Å². The van der Waals surface area contributed by atoms with E-state index < -0.39 is 47.0 Å². The number of thiol groups is 1. The van der Waals surface area contributed by atoms with E-state index in [9.17, 15) is 35.9 Å². The molecule has 0 radical (unpaired) electrons. The molecule has 1 saturated carbocycles. The van der Waals surface area contributed by atoms with Gasteiger partial charge in [0.2, 0.25) is 0 Å². The molecule has 1 aromatic heterocycles. The standard InChI is InChI=1S/C15H17F3N3O6PS/c16-15(17,18)12-3-1-11(2-4-12)14(27-28(22,23)24,7-21-10-19-9-20-21)13(5-6-13)8-29(25)26/h1-4,9-10,29H,5-8H2,(H2,22,23,24). The number of phosphoric acid groups is 1. The summed E-state index contributed by atoms with van der Waals surface area (Å²) in [5, 5.41) is 3.88. The van der Waals surface area contributed by atoms with Gasteiger partial charge in [-0.15, -0.1) is 0 Å². The fourth-order valence-electron chi connectivity index (χ4n) is 3.51.